The molecule has 2 amide bonds. The standard InChI is InChI=1S/C27H25FN4O4S/c1-32-11-10-22(18-14-19(26(29)34)24(35-2)15-21(18)32)36-23-9-8-17(13-20(23)28)30-27(37)31-25(33)12-16-6-4-3-5-7-16/h3-11,13-15,22H,12H2,1-2H3,(H2,29,34)(H2,30,31,33,37). The van der Waals surface area contributed by atoms with Gasteiger partial charge in [-0.2, -0.15) is 0 Å². The summed E-state index contributed by atoms with van der Waals surface area (Å²) in [6, 6.07) is 16.8. The third kappa shape index (κ3) is 6.04. The van der Waals surface area contributed by atoms with Crippen LogP contribution in [0.3, 0.4) is 0 Å². The number of anilines is 2. The number of nitrogens with one attached hydrogen (secondary N) is 2. The van der Waals surface area contributed by atoms with Crippen LogP contribution in [-0.2, 0) is 11.2 Å². The summed E-state index contributed by atoms with van der Waals surface area (Å²) in [7, 11) is 3.28. The molecule has 0 aliphatic carbocycles. The molecular weight excluding hydrogens is 495 g/mol. The van der Waals surface area contributed by atoms with Crippen LogP contribution in [-0.4, -0.2) is 31.1 Å². The first-order valence-corrected chi connectivity index (χ1v) is 11.7. The number of nitrogens with zero attached hydrogens (tertiary/aromatic N) is 1. The monoisotopic (exact) mass is 520 g/mol. The third-order valence-corrected chi connectivity index (χ3v) is 5.89. The van der Waals surface area contributed by atoms with Crippen molar-refractivity contribution in [2.45, 2.75) is 12.5 Å². The Morgan fingerprint density at radius 1 is 1.11 bits per heavy atom. The zero-order chi connectivity index (χ0) is 26.5. The van der Waals surface area contributed by atoms with E-state index in [2.05, 4.69) is 10.6 Å². The zero-order valence-electron chi connectivity index (χ0n) is 20.2. The van der Waals surface area contributed by atoms with E-state index in [1.54, 1.807) is 30.5 Å². The molecule has 0 fully saturated rings. The predicted molar refractivity (Wildman–Crippen MR) is 143 cm³/mol. The van der Waals surface area contributed by atoms with Gasteiger partial charge in [-0.1, -0.05) is 30.3 Å². The smallest absolute Gasteiger partial charge is 0.252 e. The van der Waals surface area contributed by atoms with E-state index in [0.29, 0.717) is 17.0 Å². The highest BCUT2D eigenvalue weighted by atomic mass is 32.1. The Morgan fingerprint density at radius 3 is 2.54 bits per heavy atom. The number of ether oxygens (including phenoxy) is 2. The Labute approximate surface area is 218 Å². The van der Waals surface area contributed by atoms with Crippen molar-refractivity contribution in [1.29, 1.82) is 0 Å². The number of methoxy groups -OCH3 is 1. The van der Waals surface area contributed by atoms with Gasteiger partial charge in [0.1, 0.15) is 11.9 Å². The second kappa shape index (κ2) is 11.1. The fraction of sp³-hybridized carbons (Fsp3) is 0.148. The van der Waals surface area contributed by atoms with Crippen molar-refractivity contribution >= 4 is 40.5 Å². The number of nitrogens with two attached hydrogens (primary N) is 1. The quantitative estimate of drug-likeness (QED) is 0.403. The van der Waals surface area contributed by atoms with Crippen LogP contribution in [0, 0.1) is 5.82 Å². The number of carbonyl (C=O) groups excluding carboxylic acids is 2. The first kappa shape index (κ1) is 25.6. The maximum atomic E-state index is 15.0. The first-order chi connectivity index (χ1) is 17.7. The van der Waals surface area contributed by atoms with Crippen LogP contribution in [0.15, 0.2) is 72.9 Å². The number of hydrogen-bond donors (Lipinski definition) is 3. The van der Waals surface area contributed by atoms with Gasteiger partial charge in [0.05, 0.1) is 24.8 Å². The summed E-state index contributed by atoms with van der Waals surface area (Å²) in [4.78, 5) is 26.0. The molecule has 1 aliphatic heterocycles. The lowest BCUT2D eigenvalue weighted by molar-refractivity contribution is -0.119. The summed E-state index contributed by atoms with van der Waals surface area (Å²) >= 11 is 5.19. The third-order valence-electron chi connectivity index (χ3n) is 5.69. The van der Waals surface area contributed by atoms with Crippen molar-refractivity contribution in [3.05, 3.63) is 95.4 Å². The summed E-state index contributed by atoms with van der Waals surface area (Å²) in [5.74, 6) is -1.25. The van der Waals surface area contributed by atoms with E-state index in [-0.39, 0.29) is 28.8 Å². The molecule has 0 radical (unpaired) electrons. The van der Waals surface area contributed by atoms with Crippen LogP contribution in [0.4, 0.5) is 15.8 Å². The highest BCUT2D eigenvalue weighted by Gasteiger charge is 2.25. The summed E-state index contributed by atoms with van der Waals surface area (Å²) in [5.41, 5.74) is 8.25. The molecule has 3 aromatic carbocycles. The number of hydrogen-bond acceptors (Lipinski definition) is 6. The second-order valence-electron chi connectivity index (χ2n) is 8.28. The molecule has 0 saturated heterocycles. The lowest BCUT2D eigenvalue weighted by Crippen LogP contribution is -2.35. The van der Waals surface area contributed by atoms with Gasteiger partial charge in [-0.15, -0.1) is 0 Å². The highest BCUT2D eigenvalue weighted by Crippen LogP contribution is 2.39. The van der Waals surface area contributed by atoms with Crippen molar-refractivity contribution in [1.82, 2.24) is 5.32 Å². The normalized spacial score (nSPS) is 13.9. The summed E-state index contributed by atoms with van der Waals surface area (Å²) < 4.78 is 26.2. The topological polar surface area (TPSA) is 106 Å². The largest absolute Gasteiger partial charge is 0.496 e. The van der Waals surface area contributed by atoms with E-state index in [1.807, 2.05) is 42.3 Å². The van der Waals surface area contributed by atoms with Crippen LogP contribution in [0.25, 0.3) is 0 Å². The number of benzene rings is 3. The molecule has 1 heterocycles. The van der Waals surface area contributed by atoms with Crippen molar-refractivity contribution in [3.63, 3.8) is 0 Å². The minimum Gasteiger partial charge on any atom is -0.496 e. The van der Waals surface area contributed by atoms with Gasteiger partial charge in [-0.25, -0.2) is 4.39 Å². The Morgan fingerprint density at radius 2 is 1.86 bits per heavy atom. The van der Waals surface area contributed by atoms with Gasteiger partial charge in [-0.05, 0) is 42.1 Å². The lowest BCUT2D eigenvalue weighted by atomic mass is 9.99. The molecule has 4 N–H and O–H groups in total. The molecule has 1 aliphatic rings. The summed E-state index contributed by atoms with van der Waals surface area (Å²) in [5, 5.41) is 5.43. The molecule has 8 nitrogen and oxygen atoms in total. The van der Waals surface area contributed by atoms with E-state index < -0.39 is 17.8 Å². The van der Waals surface area contributed by atoms with E-state index >= 15 is 0 Å². The molecular formula is C27H25FN4O4S. The van der Waals surface area contributed by atoms with Crippen molar-refractivity contribution in [2.75, 3.05) is 24.4 Å². The van der Waals surface area contributed by atoms with Crippen LogP contribution in [0.5, 0.6) is 11.5 Å². The predicted octanol–water partition coefficient (Wildman–Crippen LogP) is 4.07. The molecule has 1 unspecified atom stereocenters. The van der Waals surface area contributed by atoms with Crippen LogP contribution >= 0.6 is 12.2 Å². The van der Waals surface area contributed by atoms with Crippen LogP contribution in [0.1, 0.15) is 27.6 Å². The Bertz CT molecular complexity index is 1380. The summed E-state index contributed by atoms with van der Waals surface area (Å²) in [6.07, 6.45) is 3.00. The van der Waals surface area contributed by atoms with Gasteiger partial charge in [0.15, 0.2) is 16.7 Å². The average molecular weight is 521 g/mol. The van der Waals surface area contributed by atoms with Crippen molar-refractivity contribution in [2.24, 2.45) is 5.73 Å². The minimum absolute atomic E-state index is 0.00817. The molecule has 37 heavy (non-hydrogen) atoms. The van der Waals surface area contributed by atoms with Gasteiger partial charge >= 0.3 is 0 Å². The number of fused-ring (bicyclic) bond motifs is 1. The number of amides is 2. The fourth-order valence-corrected chi connectivity index (χ4v) is 4.13. The SMILES string of the molecule is COc1cc2c(cc1C(N)=O)C(Oc1ccc(NC(=S)NC(=O)Cc3ccccc3)cc1F)C=CN2C. The molecule has 3 aromatic rings. The van der Waals surface area contributed by atoms with E-state index in [1.165, 1.54) is 19.2 Å². The Balaban J connectivity index is 1.45. The van der Waals surface area contributed by atoms with Crippen LogP contribution in [0.2, 0.25) is 0 Å². The molecule has 0 aromatic heterocycles. The van der Waals surface area contributed by atoms with E-state index in [0.717, 1.165) is 11.3 Å². The number of rotatable bonds is 7. The lowest BCUT2D eigenvalue weighted by Gasteiger charge is -2.29. The van der Waals surface area contributed by atoms with Gasteiger partial charge in [-0.3, -0.25) is 9.59 Å². The highest BCUT2D eigenvalue weighted by molar-refractivity contribution is 7.80. The van der Waals surface area contributed by atoms with Crippen LogP contribution < -0.4 is 30.7 Å². The van der Waals surface area contributed by atoms with Crippen molar-refractivity contribution < 1.29 is 23.5 Å². The number of primary amides is 1. The molecule has 0 saturated carbocycles. The molecule has 4 rings (SSSR count). The number of halogens is 1. The van der Waals surface area contributed by atoms with Gasteiger partial charge in [0.2, 0.25) is 5.91 Å². The first-order valence-electron chi connectivity index (χ1n) is 11.3. The van der Waals surface area contributed by atoms with Gasteiger partial charge < -0.3 is 30.7 Å². The zero-order valence-corrected chi connectivity index (χ0v) is 21.0. The van der Waals surface area contributed by atoms with Gasteiger partial charge in [0.25, 0.3) is 5.91 Å². The molecule has 10 heteroatoms. The van der Waals surface area contributed by atoms with Crippen molar-refractivity contribution in [3.8, 4) is 11.5 Å². The maximum absolute atomic E-state index is 15.0. The maximum Gasteiger partial charge on any atom is 0.252 e. The fourth-order valence-electron chi connectivity index (χ4n) is 3.90. The molecule has 0 bridgehead atoms. The van der Waals surface area contributed by atoms with E-state index in [4.69, 9.17) is 27.4 Å². The second-order valence-corrected chi connectivity index (χ2v) is 8.68. The number of thiocarbonyl (C=S) groups is 1. The van der Waals surface area contributed by atoms with Gasteiger partial charge in [0, 0.05) is 36.6 Å². The Kier molecular flexibility index (Phi) is 7.69. The molecule has 190 valence electrons. The summed E-state index contributed by atoms with van der Waals surface area (Å²) in [6.45, 7) is 0. The van der Waals surface area contributed by atoms with E-state index in [9.17, 15) is 14.0 Å². The minimum atomic E-state index is -0.679. The molecule has 0 spiro atoms. The Hall–Kier alpha value is -4.44. The average Bonchev–Trinajstić information content (AvgIpc) is 2.86. The molecule has 1 atom stereocenters. The number of carbonyl (C=O) groups is 2.